The second-order valence-corrected chi connectivity index (χ2v) is 5.25. The fourth-order valence-electron chi connectivity index (χ4n) is 1.47. The van der Waals surface area contributed by atoms with Crippen molar-refractivity contribution in [3.63, 3.8) is 0 Å². The van der Waals surface area contributed by atoms with Gasteiger partial charge in [-0.05, 0) is 24.3 Å². The van der Waals surface area contributed by atoms with Crippen LogP contribution in [0.1, 0.15) is 5.56 Å². The zero-order chi connectivity index (χ0) is 14.6. The summed E-state index contributed by atoms with van der Waals surface area (Å²) in [4.78, 5) is 3.67. The van der Waals surface area contributed by atoms with Gasteiger partial charge < -0.3 is 8.92 Å². The van der Waals surface area contributed by atoms with Gasteiger partial charge in [0.15, 0.2) is 11.5 Å². The molecule has 0 saturated heterocycles. The van der Waals surface area contributed by atoms with E-state index in [9.17, 15) is 8.42 Å². The van der Waals surface area contributed by atoms with Gasteiger partial charge in [-0.25, -0.2) is 0 Å². The zero-order valence-electron chi connectivity index (χ0n) is 10.5. The Morgan fingerprint density at radius 3 is 2.65 bits per heavy atom. The summed E-state index contributed by atoms with van der Waals surface area (Å²) >= 11 is 0. The van der Waals surface area contributed by atoms with Gasteiger partial charge in [0.1, 0.15) is 4.90 Å². The quantitative estimate of drug-likeness (QED) is 0.797. The summed E-state index contributed by atoms with van der Waals surface area (Å²) in [5.41, 5.74) is 0.341. The van der Waals surface area contributed by atoms with Crippen molar-refractivity contribution in [3.8, 4) is 17.6 Å². The third-order valence-electron chi connectivity index (χ3n) is 2.42. The molecule has 0 bridgehead atoms. The molecule has 0 aliphatic carbocycles. The molecule has 1 aromatic carbocycles. The highest BCUT2D eigenvalue weighted by atomic mass is 32.2. The highest BCUT2D eigenvalue weighted by Crippen LogP contribution is 2.30. The van der Waals surface area contributed by atoms with Crippen molar-refractivity contribution < 1.29 is 17.3 Å². The topological polar surface area (TPSA) is 89.3 Å². The van der Waals surface area contributed by atoms with Crippen LogP contribution < -0.4 is 8.92 Å². The first kappa shape index (κ1) is 13.8. The fraction of sp³-hybridized carbons (Fsp3) is 0.0769. The number of rotatable bonds is 4. The number of pyridine rings is 1. The van der Waals surface area contributed by atoms with Gasteiger partial charge in [0.25, 0.3) is 0 Å². The number of nitrogens with zero attached hydrogens (tertiary/aromatic N) is 2. The van der Waals surface area contributed by atoms with Crippen molar-refractivity contribution in [2.45, 2.75) is 4.90 Å². The molecule has 0 N–H and O–H groups in total. The molecule has 20 heavy (non-hydrogen) atoms. The van der Waals surface area contributed by atoms with Crippen LogP contribution in [0.15, 0.2) is 47.6 Å². The summed E-state index contributed by atoms with van der Waals surface area (Å²) in [6.45, 7) is 0. The van der Waals surface area contributed by atoms with E-state index in [-0.39, 0.29) is 16.4 Å². The lowest BCUT2D eigenvalue weighted by Gasteiger charge is -2.10. The Kier molecular flexibility index (Phi) is 3.86. The van der Waals surface area contributed by atoms with Crippen LogP contribution in [0.25, 0.3) is 0 Å². The summed E-state index contributed by atoms with van der Waals surface area (Å²) < 4.78 is 34.1. The van der Waals surface area contributed by atoms with Crippen molar-refractivity contribution in [2.24, 2.45) is 0 Å². The predicted octanol–water partition coefficient (Wildman–Crippen LogP) is 1.73. The van der Waals surface area contributed by atoms with Gasteiger partial charge >= 0.3 is 10.1 Å². The van der Waals surface area contributed by atoms with E-state index in [1.54, 1.807) is 0 Å². The minimum Gasteiger partial charge on any atom is -0.493 e. The van der Waals surface area contributed by atoms with Crippen LogP contribution in [0.3, 0.4) is 0 Å². The maximum absolute atomic E-state index is 12.0. The summed E-state index contributed by atoms with van der Waals surface area (Å²) in [6.07, 6.45) is 2.65. The SMILES string of the molecule is COc1cc(C#N)ccc1OS(=O)(=O)c1cccnc1. The molecule has 0 spiro atoms. The maximum atomic E-state index is 12.0. The van der Waals surface area contributed by atoms with Crippen LogP contribution in [0.5, 0.6) is 11.5 Å². The van der Waals surface area contributed by atoms with Crippen molar-refractivity contribution in [3.05, 3.63) is 48.3 Å². The highest BCUT2D eigenvalue weighted by molar-refractivity contribution is 7.87. The first-order valence-corrected chi connectivity index (χ1v) is 6.90. The van der Waals surface area contributed by atoms with Gasteiger partial charge in [0.05, 0.1) is 18.7 Å². The molecule has 1 heterocycles. The molecule has 0 saturated carbocycles. The maximum Gasteiger partial charge on any atom is 0.340 e. The number of benzene rings is 1. The number of nitriles is 1. The zero-order valence-corrected chi connectivity index (χ0v) is 11.3. The van der Waals surface area contributed by atoms with E-state index in [4.69, 9.17) is 14.2 Å². The van der Waals surface area contributed by atoms with Crippen LogP contribution in [0.2, 0.25) is 0 Å². The fourth-order valence-corrected chi connectivity index (χ4v) is 2.37. The number of hydrogen-bond acceptors (Lipinski definition) is 6. The molecule has 2 rings (SSSR count). The van der Waals surface area contributed by atoms with Gasteiger partial charge in [0.2, 0.25) is 0 Å². The standard InChI is InChI=1S/C13H10N2O4S/c1-18-13-7-10(8-14)4-5-12(13)19-20(16,17)11-3-2-6-15-9-11/h2-7,9H,1H3. The largest absolute Gasteiger partial charge is 0.493 e. The molecule has 102 valence electrons. The number of methoxy groups -OCH3 is 1. The second kappa shape index (κ2) is 5.59. The van der Waals surface area contributed by atoms with E-state index in [1.165, 1.54) is 49.8 Å². The third kappa shape index (κ3) is 2.87. The van der Waals surface area contributed by atoms with Gasteiger partial charge in [-0.15, -0.1) is 0 Å². The molecule has 0 amide bonds. The Morgan fingerprint density at radius 1 is 1.25 bits per heavy atom. The average Bonchev–Trinajstić information content (AvgIpc) is 2.48. The van der Waals surface area contributed by atoms with Crippen LogP contribution in [-0.2, 0) is 10.1 Å². The Bertz CT molecular complexity index is 752. The van der Waals surface area contributed by atoms with E-state index < -0.39 is 10.1 Å². The van der Waals surface area contributed by atoms with Crippen molar-refractivity contribution in [2.75, 3.05) is 7.11 Å². The summed E-state index contributed by atoms with van der Waals surface area (Å²) in [6, 6.07) is 9.00. The molecule has 0 atom stereocenters. The normalized spacial score (nSPS) is 10.6. The minimum absolute atomic E-state index is 0.00959. The monoisotopic (exact) mass is 290 g/mol. The average molecular weight is 290 g/mol. The Labute approximate surface area is 116 Å². The lowest BCUT2D eigenvalue weighted by Crippen LogP contribution is -2.10. The molecule has 1 aromatic heterocycles. The molecule has 0 unspecified atom stereocenters. The first-order chi connectivity index (χ1) is 9.56. The van der Waals surface area contributed by atoms with Gasteiger partial charge in [-0.3, -0.25) is 4.98 Å². The molecule has 6 nitrogen and oxygen atoms in total. The molecule has 0 fully saturated rings. The van der Waals surface area contributed by atoms with Crippen LogP contribution in [-0.4, -0.2) is 20.5 Å². The number of ether oxygens (including phenoxy) is 1. The van der Waals surface area contributed by atoms with E-state index >= 15 is 0 Å². The van der Waals surface area contributed by atoms with Crippen LogP contribution in [0.4, 0.5) is 0 Å². The first-order valence-electron chi connectivity index (χ1n) is 5.49. The molecule has 0 aliphatic heterocycles. The van der Waals surface area contributed by atoms with E-state index in [2.05, 4.69) is 4.98 Å². The molecule has 2 aromatic rings. The molecular formula is C13H10N2O4S. The van der Waals surface area contributed by atoms with Gasteiger partial charge in [-0.1, -0.05) is 0 Å². The lowest BCUT2D eigenvalue weighted by molar-refractivity contribution is 0.390. The highest BCUT2D eigenvalue weighted by Gasteiger charge is 2.19. The third-order valence-corrected chi connectivity index (χ3v) is 3.63. The van der Waals surface area contributed by atoms with Gasteiger partial charge in [0, 0.05) is 18.5 Å². The van der Waals surface area contributed by atoms with E-state index in [0.717, 1.165) is 0 Å². The molecular weight excluding hydrogens is 280 g/mol. The smallest absolute Gasteiger partial charge is 0.340 e. The predicted molar refractivity (Wildman–Crippen MR) is 69.8 cm³/mol. The number of aromatic nitrogens is 1. The summed E-state index contributed by atoms with van der Waals surface area (Å²) in [5.74, 6) is 0.173. The van der Waals surface area contributed by atoms with Gasteiger partial charge in [-0.2, -0.15) is 13.7 Å². The van der Waals surface area contributed by atoms with Crippen molar-refractivity contribution >= 4 is 10.1 Å². The summed E-state index contributed by atoms with van der Waals surface area (Å²) in [5, 5.41) is 8.79. The van der Waals surface area contributed by atoms with E-state index in [1.807, 2.05) is 6.07 Å². The van der Waals surface area contributed by atoms with Crippen LogP contribution in [0, 0.1) is 11.3 Å². The van der Waals surface area contributed by atoms with Crippen molar-refractivity contribution in [1.82, 2.24) is 4.98 Å². The Hall–Kier alpha value is -2.59. The van der Waals surface area contributed by atoms with Crippen molar-refractivity contribution in [1.29, 1.82) is 5.26 Å². The molecule has 7 heteroatoms. The summed E-state index contributed by atoms with van der Waals surface area (Å²) in [7, 11) is -2.63. The molecule has 0 radical (unpaired) electrons. The molecule has 0 aliphatic rings. The minimum atomic E-state index is -3.99. The Balaban J connectivity index is 2.38. The second-order valence-electron chi connectivity index (χ2n) is 3.70. The van der Waals surface area contributed by atoms with E-state index in [0.29, 0.717) is 5.56 Å². The lowest BCUT2D eigenvalue weighted by atomic mass is 10.2. The van der Waals surface area contributed by atoms with Crippen LogP contribution >= 0.6 is 0 Å². The number of hydrogen-bond donors (Lipinski definition) is 0. The Morgan fingerprint density at radius 2 is 2.05 bits per heavy atom.